The van der Waals surface area contributed by atoms with Gasteiger partial charge in [0.25, 0.3) is 5.56 Å². The number of benzene rings is 1. The molecule has 1 aromatic carbocycles. The molecule has 1 atom stereocenters. The van der Waals surface area contributed by atoms with Gasteiger partial charge in [-0.2, -0.15) is 0 Å². The van der Waals surface area contributed by atoms with Crippen LogP contribution >= 0.6 is 34.9 Å². The largest absolute Gasteiger partial charge is 0.297 e. The van der Waals surface area contributed by atoms with Crippen molar-refractivity contribution in [3.05, 3.63) is 52.1 Å². The van der Waals surface area contributed by atoms with E-state index in [1.807, 2.05) is 36.6 Å². The summed E-state index contributed by atoms with van der Waals surface area (Å²) in [5.41, 5.74) is 1.92. The standard InChI is InChI=1S/C19H17N5OS3/c1-2-23-17(25)15-14(8-9-26-15)20-18(23)27-10-13-11-28-19-22-21-16(24(13)19)12-6-4-3-5-7-12/h3-9,13H,2,10-11H2,1H3. The Balaban J connectivity index is 1.45. The van der Waals surface area contributed by atoms with E-state index >= 15 is 0 Å². The Kier molecular flexibility index (Phi) is 4.73. The molecule has 6 nitrogen and oxygen atoms in total. The van der Waals surface area contributed by atoms with Gasteiger partial charge in [0, 0.05) is 23.6 Å². The van der Waals surface area contributed by atoms with Crippen LogP contribution in [-0.2, 0) is 6.54 Å². The number of rotatable bonds is 5. The molecule has 4 heterocycles. The summed E-state index contributed by atoms with van der Waals surface area (Å²) in [6, 6.07) is 12.3. The molecule has 142 valence electrons. The average Bonchev–Trinajstić information content (AvgIpc) is 3.44. The lowest BCUT2D eigenvalue weighted by Crippen LogP contribution is -2.22. The SMILES string of the molecule is CCn1c(SCC2CSc3nnc(-c4ccccc4)n32)nc2ccsc2c1=O. The van der Waals surface area contributed by atoms with E-state index in [1.165, 1.54) is 11.3 Å². The molecule has 9 heteroatoms. The molecule has 0 radical (unpaired) electrons. The molecular weight excluding hydrogens is 410 g/mol. The van der Waals surface area contributed by atoms with Crippen LogP contribution in [0.3, 0.4) is 0 Å². The van der Waals surface area contributed by atoms with E-state index in [4.69, 9.17) is 4.98 Å². The fraction of sp³-hybridized carbons (Fsp3) is 0.263. The Labute approximate surface area is 174 Å². The fourth-order valence-electron chi connectivity index (χ4n) is 3.34. The molecule has 0 saturated carbocycles. The molecule has 0 saturated heterocycles. The van der Waals surface area contributed by atoms with E-state index in [1.54, 1.807) is 28.1 Å². The molecule has 0 aliphatic carbocycles. The van der Waals surface area contributed by atoms with Crippen LogP contribution in [0.4, 0.5) is 0 Å². The number of thioether (sulfide) groups is 2. The maximum atomic E-state index is 12.7. The van der Waals surface area contributed by atoms with Gasteiger partial charge in [-0.3, -0.25) is 13.9 Å². The molecule has 0 amide bonds. The van der Waals surface area contributed by atoms with Crippen molar-refractivity contribution in [1.82, 2.24) is 24.3 Å². The van der Waals surface area contributed by atoms with Gasteiger partial charge >= 0.3 is 0 Å². The Bertz CT molecular complexity index is 1200. The van der Waals surface area contributed by atoms with Gasteiger partial charge in [-0.15, -0.1) is 21.5 Å². The zero-order chi connectivity index (χ0) is 19.1. The predicted molar refractivity (Wildman–Crippen MR) is 115 cm³/mol. The molecule has 28 heavy (non-hydrogen) atoms. The number of hydrogen-bond acceptors (Lipinski definition) is 7. The Morgan fingerprint density at radius 1 is 1.21 bits per heavy atom. The topological polar surface area (TPSA) is 65.6 Å². The number of fused-ring (bicyclic) bond motifs is 2. The Hall–Kier alpha value is -2.10. The quantitative estimate of drug-likeness (QED) is 0.352. The highest BCUT2D eigenvalue weighted by molar-refractivity contribution is 8.00. The second-order valence-corrected chi connectivity index (χ2v) is 9.29. The van der Waals surface area contributed by atoms with E-state index in [-0.39, 0.29) is 11.6 Å². The predicted octanol–water partition coefficient (Wildman–Crippen LogP) is 4.18. The summed E-state index contributed by atoms with van der Waals surface area (Å²) in [5.74, 6) is 2.68. The molecule has 4 aromatic rings. The maximum Gasteiger partial charge on any atom is 0.272 e. The van der Waals surface area contributed by atoms with Gasteiger partial charge in [0.05, 0.1) is 11.6 Å². The number of nitrogens with zero attached hydrogens (tertiary/aromatic N) is 5. The van der Waals surface area contributed by atoms with Crippen molar-refractivity contribution in [2.45, 2.75) is 29.8 Å². The third-order valence-electron chi connectivity index (χ3n) is 4.72. The molecule has 0 fully saturated rings. The van der Waals surface area contributed by atoms with E-state index in [9.17, 15) is 4.79 Å². The minimum Gasteiger partial charge on any atom is -0.297 e. The van der Waals surface area contributed by atoms with Crippen molar-refractivity contribution in [2.75, 3.05) is 11.5 Å². The van der Waals surface area contributed by atoms with Crippen LogP contribution in [0, 0.1) is 0 Å². The molecule has 5 rings (SSSR count). The first kappa shape index (κ1) is 18.0. The molecule has 3 aromatic heterocycles. The number of aromatic nitrogens is 5. The first-order chi connectivity index (χ1) is 13.8. The van der Waals surface area contributed by atoms with Crippen LogP contribution in [0.1, 0.15) is 13.0 Å². The van der Waals surface area contributed by atoms with E-state index in [0.717, 1.165) is 43.4 Å². The average molecular weight is 428 g/mol. The van der Waals surface area contributed by atoms with Crippen molar-refractivity contribution < 1.29 is 0 Å². The van der Waals surface area contributed by atoms with Gasteiger partial charge < -0.3 is 0 Å². The summed E-state index contributed by atoms with van der Waals surface area (Å²) in [5, 5.41) is 12.4. The van der Waals surface area contributed by atoms with E-state index < -0.39 is 0 Å². The lowest BCUT2D eigenvalue weighted by atomic mass is 10.2. The van der Waals surface area contributed by atoms with Crippen molar-refractivity contribution in [3.8, 4) is 11.4 Å². The summed E-state index contributed by atoms with van der Waals surface area (Å²) < 4.78 is 4.73. The molecule has 1 unspecified atom stereocenters. The summed E-state index contributed by atoms with van der Waals surface area (Å²) >= 11 is 4.83. The maximum absolute atomic E-state index is 12.7. The molecule has 1 aliphatic rings. The Morgan fingerprint density at radius 2 is 2.07 bits per heavy atom. The lowest BCUT2D eigenvalue weighted by molar-refractivity contribution is 0.592. The van der Waals surface area contributed by atoms with Gasteiger partial charge in [-0.05, 0) is 18.4 Å². The van der Waals surface area contributed by atoms with E-state index in [0.29, 0.717) is 6.54 Å². The van der Waals surface area contributed by atoms with Crippen molar-refractivity contribution >= 4 is 45.1 Å². The van der Waals surface area contributed by atoms with Crippen LogP contribution in [0.5, 0.6) is 0 Å². The highest BCUT2D eigenvalue weighted by Gasteiger charge is 2.29. The van der Waals surface area contributed by atoms with Gasteiger partial charge in [0.1, 0.15) is 4.70 Å². The zero-order valence-electron chi connectivity index (χ0n) is 15.1. The van der Waals surface area contributed by atoms with Crippen LogP contribution in [-0.4, -0.2) is 35.8 Å². The van der Waals surface area contributed by atoms with Crippen molar-refractivity contribution in [2.24, 2.45) is 0 Å². The fourth-order valence-corrected chi connectivity index (χ4v) is 6.49. The van der Waals surface area contributed by atoms with Gasteiger partial charge in [-0.25, -0.2) is 4.98 Å². The van der Waals surface area contributed by atoms with Gasteiger partial charge in [0.2, 0.25) is 0 Å². The third-order valence-corrected chi connectivity index (χ3v) is 7.82. The van der Waals surface area contributed by atoms with Gasteiger partial charge in [0.15, 0.2) is 16.1 Å². The molecule has 0 spiro atoms. The monoisotopic (exact) mass is 427 g/mol. The first-order valence-corrected chi connectivity index (χ1v) is 11.8. The molecule has 0 N–H and O–H groups in total. The molecular formula is C19H17N5OS3. The third kappa shape index (κ3) is 2.98. The number of hydrogen-bond donors (Lipinski definition) is 0. The normalized spacial score (nSPS) is 16.0. The Morgan fingerprint density at radius 3 is 2.89 bits per heavy atom. The van der Waals surface area contributed by atoms with Crippen LogP contribution in [0.2, 0.25) is 0 Å². The molecule has 1 aliphatic heterocycles. The highest BCUT2D eigenvalue weighted by atomic mass is 32.2. The number of thiophene rings is 1. The first-order valence-electron chi connectivity index (χ1n) is 9.00. The van der Waals surface area contributed by atoms with Crippen LogP contribution < -0.4 is 5.56 Å². The summed E-state index contributed by atoms with van der Waals surface area (Å²) in [6.45, 7) is 2.61. The van der Waals surface area contributed by atoms with Crippen molar-refractivity contribution in [3.63, 3.8) is 0 Å². The van der Waals surface area contributed by atoms with Crippen LogP contribution in [0.25, 0.3) is 21.6 Å². The highest BCUT2D eigenvalue weighted by Crippen LogP contribution is 2.38. The summed E-state index contributed by atoms with van der Waals surface area (Å²) in [7, 11) is 0. The second kappa shape index (κ2) is 7.38. The summed E-state index contributed by atoms with van der Waals surface area (Å²) in [6.07, 6.45) is 0. The summed E-state index contributed by atoms with van der Waals surface area (Å²) in [4.78, 5) is 17.5. The second-order valence-electron chi connectivity index (χ2n) is 6.40. The minimum atomic E-state index is 0.0563. The van der Waals surface area contributed by atoms with E-state index in [2.05, 4.69) is 26.9 Å². The van der Waals surface area contributed by atoms with Crippen LogP contribution in [0.15, 0.2) is 56.9 Å². The van der Waals surface area contributed by atoms with Crippen molar-refractivity contribution in [1.29, 1.82) is 0 Å². The van der Waals surface area contributed by atoms with Gasteiger partial charge in [-0.1, -0.05) is 53.9 Å². The smallest absolute Gasteiger partial charge is 0.272 e. The minimum absolute atomic E-state index is 0.0563. The zero-order valence-corrected chi connectivity index (χ0v) is 17.6. The molecule has 0 bridgehead atoms. The lowest BCUT2D eigenvalue weighted by Gasteiger charge is -2.15.